The molecule has 0 saturated carbocycles. The molecule has 0 amide bonds. The van der Waals surface area contributed by atoms with E-state index < -0.39 is 12.3 Å². The van der Waals surface area contributed by atoms with Crippen LogP contribution in [-0.4, -0.2) is 24.3 Å². The van der Waals surface area contributed by atoms with Gasteiger partial charge in [-0.3, -0.25) is 4.98 Å². The molecule has 1 unspecified atom stereocenters. The molecule has 0 aromatic carbocycles. The largest absolute Gasteiger partial charge is 0.481 e. The number of hydrogen-bond acceptors (Lipinski definition) is 3. The number of ether oxygens (including phenoxy) is 1. The van der Waals surface area contributed by atoms with Gasteiger partial charge in [0.05, 0.1) is 0 Å². The van der Waals surface area contributed by atoms with E-state index in [0.717, 1.165) is 6.92 Å². The first-order valence-electron chi connectivity index (χ1n) is 5.18. The van der Waals surface area contributed by atoms with E-state index in [1.807, 2.05) is 0 Å². The number of rotatable bonds is 4. The van der Waals surface area contributed by atoms with E-state index >= 15 is 0 Å². The van der Waals surface area contributed by atoms with Crippen LogP contribution in [0.15, 0.2) is 12.3 Å². The molecule has 1 heterocycles. The van der Waals surface area contributed by atoms with Crippen LogP contribution in [0, 0.1) is 6.92 Å². The van der Waals surface area contributed by atoms with E-state index in [9.17, 15) is 13.2 Å². The van der Waals surface area contributed by atoms with Crippen LogP contribution in [0.3, 0.4) is 0 Å². The fraction of sp³-hybridized carbons (Fsp3) is 0.545. The van der Waals surface area contributed by atoms with E-state index in [0.29, 0.717) is 17.8 Å². The van der Waals surface area contributed by atoms with Gasteiger partial charge in [-0.2, -0.15) is 13.2 Å². The molecular formula is C11H15F3N2O. The van der Waals surface area contributed by atoms with Crippen LogP contribution in [-0.2, 0) is 6.54 Å². The predicted octanol–water partition coefficient (Wildman–Crippen LogP) is 2.44. The summed E-state index contributed by atoms with van der Waals surface area (Å²) in [7, 11) is 1.71. The van der Waals surface area contributed by atoms with Crippen molar-refractivity contribution in [3.8, 4) is 5.75 Å². The number of nitrogens with zero attached hydrogens (tertiary/aromatic N) is 1. The highest BCUT2D eigenvalue weighted by Crippen LogP contribution is 2.27. The normalized spacial score (nSPS) is 13.5. The molecule has 1 aromatic rings. The van der Waals surface area contributed by atoms with Crippen molar-refractivity contribution in [1.29, 1.82) is 0 Å². The summed E-state index contributed by atoms with van der Waals surface area (Å²) in [6, 6.07) is 1.51. The summed E-state index contributed by atoms with van der Waals surface area (Å²) in [6.45, 7) is 3.10. The van der Waals surface area contributed by atoms with E-state index in [4.69, 9.17) is 4.74 Å². The number of nitrogens with one attached hydrogen (secondary N) is 1. The number of aromatic nitrogens is 1. The Hall–Kier alpha value is -1.30. The Labute approximate surface area is 98.0 Å². The Bertz CT molecular complexity index is 379. The second-order valence-electron chi connectivity index (χ2n) is 3.77. The average molecular weight is 248 g/mol. The quantitative estimate of drug-likeness (QED) is 0.888. The van der Waals surface area contributed by atoms with Crippen LogP contribution in [0.2, 0.25) is 0 Å². The number of alkyl halides is 3. The van der Waals surface area contributed by atoms with Crippen molar-refractivity contribution in [3.63, 3.8) is 0 Å². The first-order chi connectivity index (χ1) is 7.84. The van der Waals surface area contributed by atoms with E-state index in [1.165, 1.54) is 12.3 Å². The van der Waals surface area contributed by atoms with Crippen molar-refractivity contribution < 1.29 is 17.9 Å². The van der Waals surface area contributed by atoms with Gasteiger partial charge < -0.3 is 10.1 Å². The highest BCUT2D eigenvalue weighted by atomic mass is 19.4. The third-order valence-electron chi connectivity index (χ3n) is 2.21. The molecule has 1 rings (SSSR count). The van der Waals surface area contributed by atoms with E-state index in [1.54, 1.807) is 14.0 Å². The Morgan fingerprint density at radius 1 is 1.47 bits per heavy atom. The fourth-order valence-corrected chi connectivity index (χ4v) is 1.25. The molecule has 1 atom stereocenters. The van der Waals surface area contributed by atoms with Gasteiger partial charge in [-0.25, -0.2) is 0 Å². The summed E-state index contributed by atoms with van der Waals surface area (Å²) in [5.74, 6) is 0.219. The van der Waals surface area contributed by atoms with Gasteiger partial charge in [0, 0.05) is 30.1 Å². The van der Waals surface area contributed by atoms with Crippen molar-refractivity contribution in [2.75, 3.05) is 7.05 Å². The van der Waals surface area contributed by atoms with Gasteiger partial charge in [-0.1, -0.05) is 0 Å². The van der Waals surface area contributed by atoms with Crippen molar-refractivity contribution >= 4 is 0 Å². The average Bonchev–Trinajstić information content (AvgIpc) is 2.21. The van der Waals surface area contributed by atoms with Crippen LogP contribution in [0.5, 0.6) is 5.75 Å². The minimum absolute atomic E-state index is 0.219. The molecule has 0 aliphatic carbocycles. The lowest BCUT2D eigenvalue weighted by Crippen LogP contribution is -2.31. The van der Waals surface area contributed by atoms with Gasteiger partial charge in [-0.15, -0.1) is 0 Å². The molecule has 1 aromatic heterocycles. The van der Waals surface area contributed by atoms with Gasteiger partial charge in [0.25, 0.3) is 0 Å². The number of halogens is 3. The third kappa shape index (κ3) is 3.89. The van der Waals surface area contributed by atoms with Gasteiger partial charge >= 0.3 is 6.18 Å². The molecule has 6 heteroatoms. The van der Waals surface area contributed by atoms with Gasteiger partial charge in [0.15, 0.2) is 6.10 Å². The smallest absolute Gasteiger partial charge is 0.425 e. The lowest BCUT2D eigenvalue weighted by atomic mass is 10.2. The molecule has 0 aliphatic rings. The molecular weight excluding hydrogens is 233 g/mol. The zero-order valence-corrected chi connectivity index (χ0v) is 9.93. The second-order valence-corrected chi connectivity index (χ2v) is 3.77. The van der Waals surface area contributed by atoms with Crippen LogP contribution in [0.25, 0.3) is 0 Å². The summed E-state index contributed by atoms with van der Waals surface area (Å²) in [5.41, 5.74) is 1.23. The van der Waals surface area contributed by atoms with E-state index in [-0.39, 0.29) is 5.75 Å². The maximum absolute atomic E-state index is 12.4. The topological polar surface area (TPSA) is 34.2 Å². The number of hydrogen-bond donors (Lipinski definition) is 1. The summed E-state index contributed by atoms with van der Waals surface area (Å²) in [4.78, 5) is 4.03. The molecule has 96 valence electrons. The van der Waals surface area contributed by atoms with Gasteiger partial charge in [-0.05, 0) is 20.9 Å². The molecule has 3 nitrogen and oxygen atoms in total. The van der Waals surface area contributed by atoms with Crippen molar-refractivity contribution in [3.05, 3.63) is 23.5 Å². The molecule has 0 saturated heterocycles. The highest BCUT2D eigenvalue weighted by Gasteiger charge is 2.38. The lowest BCUT2D eigenvalue weighted by molar-refractivity contribution is -0.189. The molecule has 0 spiro atoms. The molecule has 1 N–H and O–H groups in total. The summed E-state index contributed by atoms with van der Waals surface area (Å²) >= 11 is 0. The molecule has 17 heavy (non-hydrogen) atoms. The zero-order valence-electron chi connectivity index (χ0n) is 9.93. The van der Waals surface area contributed by atoms with Crippen molar-refractivity contribution in [1.82, 2.24) is 10.3 Å². The third-order valence-corrected chi connectivity index (χ3v) is 2.21. The number of pyridine rings is 1. The molecule has 0 bridgehead atoms. The molecule has 0 radical (unpaired) electrons. The van der Waals surface area contributed by atoms with Crippen LogP contribution in [0.1, 0.15) is 18.2 Å². The minimum Gasteiger partial charge on any atom is -0.481 e. The summed E-state index contributed by atoms with van der Waals surface area (Å²) in [6.07, 6.45) is -4.68. The summed E-state index contributed by atoms with van der Waals surface area (Å²) in [5, 5.41) is 2.85. The lowest BCUT2D eigenvalue weighted by Gasteiger charge is -2.19. The number of aryl methyl sites for hydroxylation is 1. The Balaban J connectivity index is 2.92. The minimum atomic E-state index is -4.37. The first kappa shape index (κ1) is 13.8. The summed E-state index contributed by atoms with van der Waals surface area (Å²) < 4.78 is 42.1. The Morgan fingerprint density at radius 3 is 2.65 bits per heavy atom. The molecule has 0 fully saturated rings. The van der Waals surface area contributed by atoms with Gasteiger partial charge in [0.1, 0.15) is 5.75 Å². The van der Waals surface area contributed by atoms with Crippen LogP contribution < -0.4 is 10.1 Å². The second kappa shape index (κ2) is 5.35. The maximum Gasteiger partial charge on any atom is 0.425 e. The fourth-order valence-electron chi connectivity index (χ4n) is 1.25. The Morgan fingerprint density at radius 2 is 2.12 bits per heavy atom. The SMILES string of the molecule is CNCc1cnc(C)cc1OC(C)C(F)(F)F. The van der Waals surface area contributed by atoms with Gasteiger partial charge in [0.2, 0.25) is 0 Å². The Kier molecular flexibility index (Phi) is 4.34. The standard InChI is InChI=1S/C11H15F3N2O/c1-7-4-10(9(5-15-3)6-16-7)17-8(2)11(12,13)14/h4,6,8,15H,5H2,1-3H3. The maximum atomic E-state index is 12.4. The van der Waals surface area contributed by atoms with Crippen LogP contribution in [0.4, 0.5) is 13.2 Å². The first-order valence-corrected chi connectivity index (χ1v) is 5.18. The van der Waals surface area contributed by atoms with Crippen molar-refractivity contribution in [2.24, 2.45) is 0 Å². The van der Waals surface area contributed by atoms with Crippen molar-refractivity contribution in [2.45, 2.75) is 32.7 Å². The predicted molar refractivity (Wildman–Crippen MR) is 57.9 cm³/mol. The monoisotopic (exact) mass is 248 g/mol. The zero-order chi connectivity index (χ0) is 13.1. The highest BCUT2D eigenvalue weighted by molar-refractivity contribution is 5.33. The molecule has 0 aliphatic heterocycles. The van der Waals surface area contributed by atoms with E-state index in [2.05, 4.69) is 10.3 Å². The van der Waals surface area contributed by atoms with Crippen LogP contribution >= 0.6 is 0 Å².